The molecule has 0 aromatic heterocycles. The van der Waals surface area contributed by atoms with Gasteiger partial charge < -0.3 is 14.5 Å². The van der Waals surface area contributed by atoms with E-state index in [1.54, 1.807) is 47.1 Å². The van der Waals surface area contributed by atoms with Crippen molar-refractivity contribution in [1.82, 2.24) is 4.90 Å². The third-order valence-electron chi connectivity index (χ3n) is 4.39. The number of nitrogens with zero attached hydrogens (tertiary/aromatic N) is 2. The number of hydrogen-bond donors (Lipinski definition) is 0. The molecule has 0 N–H and O–H groups in total. The molecule has 6 heteroatoms. The number of carbonyl (C=O) groups excluding carboxylic acids is 2. The Bertz CT molecular complexity index is 792. The molecule has 2 aromatic carbocycles. The molecule has 1 aliphatic heterocycles. The van der Waals surface area contributed by atoms with Crippen LogP contribution >= 0.6 is 11.6 Å². The van der Waals surface area contributed by atoms with Gasteiger partial charge in [-0.25, -0.2) is 0 Å². The van der Waals surface area contributed by atoms with Crippen LogP contribution in [0.5, 0.6) is 5.75 Å². The SMILES string of the molecule is COc1ccccc1C(=O)N1CCN(c2ccc(Cl)cc2)C(=O)[C@H]1C. The molecule has 2 amide bonds. The normalized spacial score (nSPS) is 17.6. The summed E-state index contributed by atoms with van der Waals surface area (Å²) >= 11 is 5.91. The van der Waals surface area contributed by atoms with Crippen molar-refractivity contribution < 1.29 is 14.3 Å². The largest absolute Gasteiger partial charge is 0.496 e. The molecule has 25 heavy (non-hydrogen) atoms. The molecule has 0 spiro atoms. The number of anilines is 1. The van der Waals surface area contributed by atoms with Crippen molar-refractivity contribution in [2.75, 3.05) is 25.1 Å². The smallest absolute Gasteiger partial charge is 0.258 e. The van der Waals surface area contributed by atoms with Crippen molar-refractivity contribution >= 4 is 29.1 Å². The summed E-state index contributed by atoms with van der Waals surface area (Å²) in [5.41, 5.74) is 1.25. The van der Waals surface area contributed by atoms with E-state index in [0.29, 0.717) is 29.4 Å². The van der Waals surface area contributed by atoms with Crippen molar-refractivity contribution in [3.63, 3.8) is 0 Å². The van der Waals surface area contributed by atoms with E-state index in [0.717, 1.165) is 5.69 Å². The van der Waals surface area contributed by atoms with Gasteiger partial charge in [-0.3, -0.25) is 9.59 Å². The molecule has 1 heterocycles. The summed E-state index contributed by atoms with van der Waals surface area (Å²) in [5, 5.41) is 0.620. The average molecular weight is 359 g/mol. The van der Waals surface area contributed by atoms with Crippen molar-refractivity contribution in [1.29, 1.82) is 0 Å². The van der Waals surface area contributed by atoms with Crippen LogP contribution in [0.3, 0.4) is 0 Å². The first-order valence-corrected chi connectivity index (χ1v) is 8.41. The standard InChI is InChI=1S/C19H19ClN2O3/c1-13-18(23)22(15-9-7-14(20)8-10-15)12-11-21(13)19(24)16-5-3-4-6-17(16)25-2/h3-10,13H,11-12H2,1-2H3/t13-/m1/s1. The molecule has 0 aliphatic carbocycles. The Balaban J connectivity index is 1.81. The zero-order valence-corrected chi connectivity index (χ0v) is 14.9. The Hall–Kier alpha value is -2.53. The van der Waals surface area contributed by atoms with Crippen LogP contribution in [-0.2, 0) is 4.79 Å². The average Bonchev–Trinajstić information content (AvgIpc) is 2.64. The Labute approximate surface area is 151 Å². The van der Waals surface area contributed by atoms with Crippen LogP contribution in [-0.4, -0.2) is 43.0 Å². The van der Waals surface area contributed by atoms with E-state index in [9.17, 15) is 9.59 Å². The molecule has 1 atom stereocenters. The Morgan fingerprint density at radius 1 is 1.12 bits per heavy atom. The minimum absolute atomic E-state index is 0.114. The van der Waals surface area contributed by atoms with Crippen LogP contribution in [0, 0.1) is 0 Å². The highest BCUT2D eigenvalue weighted by molar-refractivity contribution is 6.30. The van der Waals surface area contributed by atoms with Gasteiger partial charge in [-0.2, -0.15) is 0 Å². The predicted octanol–water partition coefficient (Wildman–Crippen LogP) is 3.23. The molecule has 0 saturated carbocycles. The fourth-order valence-corrected chi connectivity index (χ4v) is 3.13. The van der Waals surface area contributed by atoms with Gasteiger partial charge in [-0.05, 0) is 43.3 Å². The number of ether oxygens (including phenoxy) is 1. The Morgan fingerprint density at radius 2 is 1.80 bits per heavy atom. The van der Waals surface area contributed by atoms with Gasteiger partial charge in [0.2, 0.25) is 5.91 Å². The molecule has 1 saturated heterocycles. The summed E-state index contributed by atoms with van der Waals surface area (Å²) in [7, 11) is 1.53. The zero-order valence-electron chi connectivity index (χ0n) is 14.1. The van der Waals surface area contributed by atoms with Crippen molar-refractivity contribution in [3.05, 3.63) is 59.1 Å². The minimum atomic E-state index is -0.554. The molecular formula is C19H19ClN2O3. The number of piperazine rings is 1. The molecule has 1 fully saturated rings. The van der Waals surface area contributed by atoms with Gasteiger partial charge >= 0.3 is 0 Å². The van der Waals surface area contributed by atoms with Crippen LogP contribution < -0.4 is 9.64 Å². The van der Waals surface area contributed by atoms with Gasteiger partial charge in [-0.15, -0.1) is 0 Å². The topological polar surface area (TPSA) is 49.9 Å². The van der Waals surface area contributed by atoms with Crippen molar-refractivity contribution in [3.8, 4) is 5.75 Å². The zero-order chi connectivity index (χ0) is 18.0. The maximum atomic E-state index is 12.9. The molecule has 0 bridgehead atoms. The number of methoxy groups -OCH3 is 1. The highest BCUT2D eigenvalue weighted by Gasteiger charge is 2.36. The van der Waals surface area contributed by atoms with Gasteiger partial charge in [0.05, 0.1) is 12.7 Å². The fraction of sp³-hybridized carbons (Fsp3) is 0.263. The lowest BCUT2D eigenvalue weighted by Crippen LogP contribution is -2.57. The second-order valence-corrected chi connectivity index (χ2v) is 6.28. The number of rotatable bonds is 3. The summed E-state index contributed by atoms with van der Waals surface area (Å²) in [6, 6.07) is 13.6. The van der Waals surface area contributed by atoms with E-state index in [1.807, 2.05) is 18.2 Å². The van der Waals surface area contributed by atoms with Crippen LogP contribution in [0.15, 0.2) is 48.5 Å². The van der Waals surface area contributed by atoms with E-state index in [1.165, 1.54) is 7.11 Å². The summed E-state index contributed by atoms with van der Waals surface area (Å²) in [4.78, 5) is 28.9. The van der Waals surface area contributed by atoms with Gasteiger partial charge in [0, 0.05) is 23.8 Å². The lowest BCUT2D eigenvalue weighted by Gasteiger charge is -2.39. The van der Waals surface area contributed by atoms with E-state index >= 15 is 0 Å². The maximum absolute atomic E-state index is 12.9. The quantitative estimate of drug-likeness (QED) is 0.846. The molecule has 0 unspecified atom stereocenters. The van der Waals surface area contributed by atoms with Crippen LogP contribution in [0.2, 0.25) is 5.02 Å². The lowest BCUT2D eigenvalue weighted by atomic mass is 10.1. The Kier molecular flexibility index (Phi) is 4.95. The number of para-hydroxylation sites is 1. The maximum Gasteiger partial charge on any atom is 0.258 e. The molecule has 2 aromatic rings. The number of amides is 2. The lowest BCUT2D eigenvalue weighted by molar-refractivity contribution is -0.124. The van der Waals surface area contributed by atoms with E-state index < -0.39 is 6.04 Å². The van der Waals surface area contributed by atoms with Crippen LogP contribution in [0.1, 0.15) is 17.3 Å². The molecule has 5 nitrogen and oxygen atoms in total. The van der Waals surface area contributed by atoms with E-state index in [2.05, 4.69) is 0 Å². The van der Waals surface area contributed by atoms with Gasteiger partial charge in [0.1, 0.15) is 11.8 Å². The first kappa shape index (κ1) is 17.3. The monoisotopic (exact) mass is 358 g/mol. The molecule has 1 aliphatic rings. The summed E-state index contributed by atoms with van der Waals surface area (Å²) in [6.45, 7) is 2.63. The van der Waals surface area contributed by atoms with Gasteiger partial charge in [0.25, 0.3) is 5.91 Å². The first-order chi connectivity index (χ1) is 12.0. The predicted molar refractivity (Wildman–Crippen MR) is 97.3 cm³/mol. The third kappa shape index (κ3) is 3.33. The van der Waals surface area contributed by atoms with Crippen LogP contribution in [0.4, 0.5) is 5.69 Å². The highest BCUT2D eigenvalue weighted by atomic mass is 35.5. The third-order valence-corrected chi connectivity index (χ3v) is 4.64. The highest BCUT2D eigenvalue weighted by Crippen LogP contribution is 2.25. The number of benzene rings is 2. The molecule has 130 valence electrons. The molecule has 0 radical (unpaired) electrons. The number of carbonyl (C=O) groups is 2. The number of hydrogen-bond acceptors (Lipinski definition) is 3. The second kappa shape index (κ2) is 7.15. The van der Waals surface area contributed by atoms with E-state index in [-0.39, 0.29) is 11.8 Å². The summed E-state index contributed by atoms with van der Waals surface area (Å²) in [5.74, 6) is 0.193. The molecular weight excluding hydrogens is 340 g/mol. The molecule has 3 rings (SSSR count). The number of halogens is 1. The van der Waals surface area contributed by atoms with Crippen molar-refractivity contribution in [2.24, 2.45) is 0 Å². The summed E-state index contributed by atoms with van der Waals surface area (Å²) < 4.78 is 5.27. The van der Waals surface area contributed by atoms with Crippen LogP contribution in [0.25, 0.3) is 0 Å². The van der Waals surface area contributed by atoms with E-state index in [4.69, 9.17) is 16.3 Å². The van der Waals surface area contributed by atoms with Gasteiger partial charge in [0.15, 0.2) is 0 Å². The Morgan fingerprint density at radius 3 is 2.48 bits per heavy atom. The second-order valence-electron chi connectivity index (χ2n) is 5.84. The minimum Gasteiger partial charge on any atom is -0.496 e. The summed E-state index contributed by atoms with van der Waals surface area (Å²) in [6.07, 6.45) is 0. The van der Waals surface area contributed by atoms with Gasteiger partial charge in [-0.1, -0.05) is 23.7 Å². The first-order valence-electron chi connectivity index (χ1n) is 8.04. The fourth-order valence-electron chi connectivity index (χ4n) is 3.00. The van der Waals surface area contributed by atoms with Crippen molar-refractivity contribution in [2.45, 2.75) is 13.0 Å².